The SMILES string of the molecule is CC(C)(C)[C@@H]1C=C(C(=O)NCCc2ccccc2)O[C@H](OCc2ccc(CO)cc2)C1. The molecule has 5 heteroatoms. The molecule has 3 rings (SSSR count). The minimum absolute atomic E-state index is 0.0102. The number of aliphatic hydroxyl groups excluding tert-OH is 1. The van der Waals surface area contributed by atoms with Gasteiger partial charge < -0.3 is 19.9 Å². The molecule has 5 nitrogen and oxygen atoms in total. The van der Waals surface area contributed by atoms with Crippen LogP contribution in [-0.4, -0.2) is 23.8 Å². The zero-order valence-electron chi connectivity index (χ0n) is 18.6. The Kier molecular flexibility index (Phi) is 7.88. The quantitative estimate of drug-likeness (QED) is 0.663. The number of ether oxygens (including phenoxy) is 2. The number of amides is 1. The largest absolute Gasteiger partial charge is 0.459 e. The monoisotopic (exact) mass is 423 g/mol. The Labute approximate surface area is 185 Å². The molecule has 31 heavy (non-hydrogen) atoms. The molecule has 166 valence electrons. The highest BCUT2D eigenvalue weighted by Crippen LogP contribution is 2.36. The Morgan fingerprint density at radius 3 is 2.39 bits per heavy atom. The Morgan fingerprint density at radius 1 is 1.06 bits per heavy atom. The van der Waals surface area contributed by atoms with Gasteiger partial charge in [-0.25, -0.2) is 0 Å². The topological polar surface area (TPSA) is 67.8 Å². The van der Waals surface area contributed by atoms with Crippen molar-refractivity contribution in [3.63, 3.8) is 0 Å². The van der Waals surface area contributed by atoms with E-state index in [1.54, 1.807) is 0 Å². The molecule has 0 saturated carbocycles. The van der Waals surface area contributed by atoms with Crippen molar-refractivity contribution in [2.24, 2.45) is 11.3 Å². The summed E-state index contributed by atoms with van der Waals surface area (Å²) < 4.78 is 11.9. The summed E-state index contributed by atoms with van der Waals surface area (Å²) in [5.41, 5.74) is 3.03. The fraction of sp³-hybridized carbons (Fsp3) is 0.423. The zero-order valence-corrected chi connectivity index (χ0v) is 18.6. The average Bonchev–Trinajstić information content (AvgIpc) is 2.78. The zero-order chi connectivity index (χ0) is 22.3. The molecule has 0 saturated heterocycles. The molecule has 2 N–H and O–H groups in total. The van der Waals surface area contributed by atoms with Gasteiger partial charge in [-0.15, -0.1) is 0 Å². The average molecular weight is 424 g/mol. The van der Waals surface area contributed by atoms with Crippen LogP contribution >= 0.6 is 0 Å². The van der Waals surface area contributed by atoms with E-state index in [1.807, 2.05) is 48.5 Å². The minimum Gasteiger partial charge on any atom is -0.459 e. The Bertz CT molecular complexity index is 869. The van der Waals surface area contributed by atoms with E-state index in [-0.39, 0.29) is 23.8 Å². The van der Waals surface area contributed by atoms with Gasteiger partial charge in [-0.1, -0.05) is 75.4 Å². The van der Waals surface area contributed by atoms with Crippen molar-refractivity contribution in [1.82, 2.24) is 5.32 Å². The Hall–Kier alpha value is -2.63. The summed E-state index contributed by atoms with van der Waals surface area (Å²) in [4.78, 5) is 12.8. The van der Waals surface area contributed by atoms with Crippen LogP contribution in [0.1, 0.15) is 43.9 Å². The van der Waals surface area contributed by atoms with E-state index in [0.717, 1.165) is 17.5 Å². The van der Waals surface area contributed by atoms with Gasteiger partial charge in [0.15, 0.2) is 5.76 Å². The number of aliphatic hydroxyl groups is 1. The van der Waals surface area contributed by atoms with Gasteiger partial charge >= 0.3 is 0 Å². The molecule has 1 amide bonds. The van der Waals surface area contributed by atoms with Gasteiger partial charge in [-0.05, 0) is 40.5 Å². The summed E-state index contributed by atoms with van der Waals surface area (Å²) in [6.45, 7) is 7.44. The number of benzene rings is 2. The van der Waals surface area contributed by atoms with E-state index in [0.29, 0.717) is 25.3 Å². The van der Waals surface area contributed by atoms with Crippen LogP contribution in [0.3, 0.4) is 0 Å². The number of allylic oxidation sites excluding steroid dienone is 1. The molecule has 0 radical (unpaired) electrons. The van der Waals surface area contributed by atoms with Crippen LogP contribution < -0.4 is 5.32 Å². The summed E-state index contributed by atoms with van der Waals surface area (Å²) >= 11 is 0. The first kappa shape index (κ1) is 23.0. The number of hydrogen-bond donors (Lipinski definition) is 2. The number of rotatable bonds is 8. The highest BCUT2D eigenvalue weighted by Gasteiger charge is 2.34. The summed E-state index contributed by atoms with van der Waals surface area (Å²) in [5.74, 6) is 0.295. The first-order valence-electron chi connectivity index (χ1n) is 10.9. The van der Waals surface area contributed by atoms with Gasteiger partial charge in [-0.3, -0.25) is 4.79 Å². The van der Waals surface area contributed by atoms with Crippen LogP contribution in [-0.2, 0) is 33.9 Å². The lowest BCUT2D eigenvalue weighted by Crippen LogP contribution is -2.36. The van der Waals surface area contributed by atoms with Crippen molar-refractivity contribution in [1.29, 1.82) is 0 Å². The number of nitrogens with one attached hydrogen (secondary N) is 1. The third kappa shape index (κ3) is 6.94. The molecular weight excluding hydrogens is 390 g/mol. The van der Waals surface area contributed by atoms with Crippen molar-refractivity contribution in [3.05, 3.63) is 83.1 Å². The molecule has 1 aliphatic rings. The summed E-state index contributed by atoms with van der Waals surface area (Å²) in [6, 6.07) is 17.7. The third-order valence-corrected chi connectivity index (χ3v) is 5.58. The van der Waals surface area contributed by atoms with E-state index in [1.165, 1.54) is 5.56 Å². The maximum Gasteiger partial charge on any atom is 0.286 e. The smallest absolute Gasteiger partial charge is 0.286 e. The highest BCUT2D eigenvalue weighted by molar-refractivity contribution is 5.91. The summed E-state index contributed by atoms with van der Waals surface area (Å²) in [6.07, 6.45) is 2.92. The molecule has 0 unspecified atom stereocenters. The number of hydrogen-bond acceptors (Lipinski definition) is 4. The fourth-order valence-electron chi connectivity index (χ4n) is 3.50. The Balaban J connectivity index is 1.59. The van der Waals surface area contributed by atoms with Crippen molar-refractivity contribution in [3.8, 4) is 0 Å². The molecule has 1 heterocycles. The molecule has 0 spiro atoms. The summed E-state index contributed by atoms with van der Waals surface area (Å²) in [5, 5.41) is 12.1. The van der Waals surface area contributed by atoms with Crippen LogP contribution in [0.15, 0.2) is 66.4 Å². The van der Waals surface area contributed by atoms with Gasteiger partial charge in [0.1, 0.15) is 0 Å². The number of carbonyl (C=O) groups is 1. The van der Waals surface area contributed by atoms with Crippen molar-refractivity contribution in [2.75, 3.05) is 6.54 Å². The predicted molar refractivity (Wildman–Crippen MR) is 121 cm³/mol. The van der Waals surface area contributed by atoms with Crippen molar-refractivity contribution >= 4 is 5.91 Å². The van der Waals surface area contributed by atoms with Gasteiger partial charge in [0.05, 0.1) is 13.2 Å². The lowest BCUT2D eigenvalue weighted by atomic mass is 9.77. The minimum atomic E-state index is -0.485. The molecule has 2 aromatic carbocycles. The molecular formula is C26H33NO4. The van der Waals surface area contributed by atoms with Gasteiger partial charge in [-0.2, -0.15) is 0 Å². The van der Waals surface area contributed by atoms with Crippen molar-refractivity contribution < 1.29 is 19.4 Å². The van der Waals surface area contributed by atoms with Crippen LogP contribution in [0.25, 0.3) is 0 Å². The normalized spacial score (nSPS) is 18.8. The van der Waals surface area contributed by atoms with Crippen LogP contribution in [0.2, 0.25) is 0 Å². The standard InChI is InChI=1S/C26H33NO4/c1-26(2,3)22-15-23(25(29)27-14-13-19-7-5-4-6-8-19)31-24(16-22)30-18-21-11-9-20(17-28)10-12-21/h4-12,15,22,24,28H,13-14,16-18H2,1-3H3,(H,27,29)/t22-,24+/m1/s1. The van der Waals surface area contributed by atoms with E-state index >= 15 is 0 Å². The third-order valence-electron chi connectivity index (χ3n) is 5.58. The molecule has 0 aromatic heterocycles. The lowest BCUT2D eigenvalue weighted by Gasteiger charge is -2.36. The van der Waals surface area contributed by atoms with Gasteiger partial charge in [0.25, 0.3) is 5.91 Å². The van der Waals surface area contributed by atoms with E-state index < -0.39 is 6.29 Å². The molecule has 0 fully saturated rings. The van der Waals surface area contributed by atoms with E-state index in [9.17, 15) is 9.90 Å². The maximum absolute atomic E-state index is 12.8. The van der Waals surface area contributed by atoms with E-state index in [2.05, 4.69) is 38.2 Å². The second kappa shape index (κ2) is 10.6. The molecule has 2 aromatic rings. The number of carbonyl (C=O) groups excluding carboxylic acids is 1. The van der Waals surface area contributed by atoms with Crippen LogP contribution in [0.4, 0.5) is 0 Å². The first-order chi connectivity index (χ1) is 14.8. The molecule has 0 bridgehead atoms. The maximum atomic E-state index is 12.8. The van der Waals surface area contributed by atoms with Crippen molar-refractivity contribution in [2.45, 2.75) is 53.1 Å². The predicted octanol–water partition coefficient (Wildman–Crippen LogP) is 4.35. The highest BCUT2D eigenvalue weighted by atomic mass is 16.7. The van der Waals surface area contributed by atoms with Crippen LogP contribution in [0, 0.1) is 11.3 Å². The lowest BCUT2D eigenvalue weighted by molar-refractivity contribution is -0.157. The van der Waals surface area contributed by atoms with Crippen LogP contribution in [0.5, 0.6) is 0 Å². The fourth-order valence-corrected chi connectivity index (χ4v) is 3.50. The van der Waals surface area contributed by atoms with E-state index in [4.69, 9.17) is 9.47 Å². The second-order valence-corrected chi connectivity index (χ2v) is 9.06. The molecule has 2 atom stereocenters. The first-order valence-corrected chi connectivity index (χ1v) is 10.9. The summed E-state index contributed by atoms with van der Waals surface area (Å²) in [7, 11) is 0. The van der Waals surface area contributed by atoms with Gasteiger partial charge in [0.2, 0.25) is 6.29 Å². The second-order valence-electron chi connectivity index (χ2n) is 9.06. The molecule has 1 aliphatic heterocycles. The molecule has 0 aliphatic carbocycles. The van der Waals surface area contributed by atoms with Gasteiger partial charge in [0, 0.05) is 13.0 Å². The Morgan fingerprint density at radius 2 is 1.74 bits per heavy atom.